The molecular formula is C22H28N2O5. The summed E-state index contributed by atoms with van der Waals surface area (Å²) in [4.78, 5) is 49.6. The summed E-state index contributed by atoms with van der Waals surface area (Å²) < 4.78 is 5.31. The van der Waals surface area contributed by atoms with Gasteiger partial charge in [0.05, 0.1) is 11.3 Å². The zero-order chi connectivity index (χ0) is 21.1. The maximum Gasteiger partial charge on any atom is 0.338 e. The Morgan fingerprint density at radius 2 is 1.69 bits per heavy atom. The number of esters is 1. The minimum absolute atomic E-state index is 0.0993. The molecule has 0 radical (unpaired) electrons. The van der Waals surface area contributed by atoms with Crippen molar-refractivity contribution in [1.82, 2.24) is 5.32 Å². The molecule has 156 valence electrons. The number of carbonyl (C=O) groups is 4. The van der Waals surface area contributed by atoms with Gasteiger partial charge in [-0.2, -0.15) is 0 Å². The van der Waals surface area contributed by atoms with Crippen LogP contribution in [-0.4, -0.2) is 35.8 Å². The molecule has 1 heterocycles. The van der Waals surface area contributed by atoms with E-state index in [0.29, 0.717) is 17.5 Å². The molecular weight excluding hydrogens is 372 g/mol. The number of imide groups is 1. The number of amides is 3. The molecule has 3 rings (SSSR count). The van der Waals surface area contributed by atoms with E-state index in [1.807, 2.05) is 0 Å². The predicted octanol–water partition coefficient (Wildman–Crippen LogP) is 2.83. The van der Waals surface area contributed by atoms with Gasteiger partial charge in [0.15, 0.2) is 6.10 Å². The molecule has 1 aliphatic carbocycles. The van der Waals surface area contributed by atoms with E-state index in [1.54, 1.807) is 6.92 Å². The van der Waals surface area contributed by atoms with Crippen LogP contribution in [0.1, 0.15) is 63.2 Å². The van der Waals surface area contributed by atoms with Gasteiger partial charge in [-0.25, -0.2) is 4.79 Å². The Labute approximate surface area is 170 Å². The van der Waals surface area contributed by atoms with Crippen LogP contribution in [-0.2, 0) is 19.1 Å². The van der Waals surface area contributed by atoms with Crippen LogP contribution in [0.2, 0.25) is 0 Å². The van der Waals surface area contributed by atoms with Crippen LogP contribution in [0.25, 0.3) is 0 Å². The number of hydrogen-bond donors (Lipinski definition) is 1. The smallest absolute Gasteiger partial charge is 0.338 e. The van der Waals surface area contributed by atoms with Gasteiger partial charge in [0.25, 0.3) is 5.91 Å². The van der Waals surface area contributed by atoms with Gasteiger partial charge < -0.3 is 10.1 Å². The van der Waals surface area contributed by atoms with E-state index >= 15 is 0 Å². The molecule has 2 fully saturated rings. The summed E-state index contributed by atoms with van der Waals surface area (Å²) in [7, 11) is 0. The van der Waals surface area contributed by atoms with E-state index in [2.05, 4.69) is 19.2 Å². The summed E-state index contributed by atoms with van der Waals surface area (Å²) in [6.07, 6.45) is 2.68. The molecule has 4 atom stereocenters. The van der Waals surface area contributed by atoms with Gasteiger partial charge in [0.1, 0.15) is 0 Å². The molecule has 1 N–H and O–H groups in total. The fourth-order valence-electron chi connectivity index (χ4n) is 3.98. The molecule has 1 aromatic carbocycles. The Bertz CT molecular complexity index is 788. The second-order valence-corrected chi connectivity index (χ2v) is 8.10. The summed E-state index contributed by atoms with van der Waals surface area (Å²) in [6.45, 7) is 5.89. The van der Waals surface area contributed by atoms with Crippen molar-refractivity contribution in [1.29, 1.82) is 0 Å². The molecule has 2 aliphatic rings. The van der Waals surface area contributed by atoms with Crippen LogP contribution in [0, 0.1) is 11.8 Å². The Morgan fingerprint density at radius 1 is 1.07 bits per heavy atom. The van der Waals surface area contributed by atoms with E-state index in [9.17, 15) is 19.2 Å². The first-order chi connectivity index (χ1) is 13.8. The molecule has 0 spiro atoms. The van der Waals surface area contributed by atoms with Gasteiger partial charge in [0, 0.05) is 18.9 Å². The zero-order valence-electron chi connectivity index (χ0n) is 17.1. The molecule has 1 aromatic rings. The maximum atomic E-state index is 12.5. The SMILES string of the molecule is C[C@H]1[C@@H](NC(=O)[C@@H](C)OC(=O)c2ccc(N3C(=O)CCC3=O)cc2)CCC[C@@H]1C. The number of hydrogen-bond acceptors (Lipinski definition) is 5. The summed E-state index contributed by atoms with van der Waals surface area (Å²) in [5, 5.41) is 3.01. The molecule has 7 nitrogen and oxygen atoms in total. The maximum absolute atomic E-state index is 12.5. The van der Waals surface area contributed by atoms with E-state index < -0.39 is 12.1 Å². The van der Waals surface area contributed by atoms with Crippen LogP contribution >= 0.6 is 0 Å². The van der Waals surface area contributed by atoms with Gasteiger partial charge in [-0.1, -0.05) is 26.7 Å². The summed E-state index contributed by atoms with van der Waals surface area (Å²) >= 11 is 0. The fraction of sp³-hybridized carbons (Fsp3) is 0.545. The predicted molar refractivity (Wildman–Crippen MR) is 107 cm³/mol. The minimum atomic E-state index is -0.909. The number of anilines is 1. The third-order valence-electron chi connectivity index (χ3n) is 6.10. The van der Waals surface area contributed by atoms with Gasteiger partial charge in [-0.15, -0.1) is 0 Å². The highest BCUT2D eigenvalue weighted by Gasteiger charge is 2.31. The zero-order valence-corrected chi connectivity index (χ0v) is 17.1. The number of benzene rings is 1. The third kappa shape index (κ3) is 4.66. The molecule has 0 bridgehead atoms. The molecule has 0 aromatic heterocycles. The van der Waals surface area contributed by atoms with Crippen molar-refractivity contribution in [2.24, 2.45) is 11.8 Å². The molecule has 1 saturated carbocycles. The van der Waals surface area contributed by atoms with Gasteiger partial charge in [-0.05, 0) is 49.4 Å². The van der Waals surface area contributed by atoms with Crippen LogP contribution in [0.5, 0.6) is 0 Å². The van der Waals surface area contributed by atoms with Gasteiger partial charge in [-0.3, -0.25) is 19.3 Å². The number of carbonyl (C=O) groups excluding carboxylic acids is 4. The van der Waals surface area contributed by atoms with Crippen LogP contribution in [0.15, 0.2) is 24.3 Å². The van der Waals surface area contributed by atoms with Gasteiger partial charge >= 0.3 is 5.97 Å². The molecule has 3 amide bonds. The molecule has 29 heavy (non-hydrogen) atoms. The number of nitrogens with zero attached hydrogens (tertiary/aromatic N) is 1. The normalized spacial score (nSPS) is 25.6. The topological polar surface area (TPSA) is 92.8 Å². The lowest BCUT2D eigenvalue weighted by Crippen LogP contribution is -2.47. The Balaban J connectivity index is 1.57. The minimum Gasteiger partial charge on any atom is -0.449 e. The largest absolute Gasteiger partial charge is 0.449 e. The second-order valence-electron chi connectivity index (χ2n) is 8.10. The quantitative estimate of drug-likeness (QED) is 0.606. The van der Waals surface area contributed by atoms with Crippen LogP contribution in [0.4, 0.5) is 5.69 Å². The summed E-state index contributed by atoms with van der Waals surface area (Å²) in [5.74, 6) is -0.472. The average molecular weight is 400 g/mol. The highest BCUT2D eigenvalue weighted by Crippen LogP contribution is 2.29. The fourth-order valence-corrected chi connectivity index (χ4v) is 3.98. The first kappa shape index (κ1) is 21.0. The van der Waals surface area contributed by atoms with E-state index in [0.717, 1.165) is 17.7 Å². The average Bonchev–Trinajstić information content (AvgIpc) is 3.03. The lowest BCUT2D eigenvalue weighted by Gasteiger charge is -2.35. The van der Waals surface area contributed by atoms with Crippen LogP contribution in [0.3, 0.4) is 0 Å². The Kier molecular flexibility index (Phi) is 6.35. The van der Waals surface area contributed by atoms with Crippen molar-refractivity contribution in [2.45, 2.75) is 65.0 Å². The van der Waals surface area contributed by atoms with E-state index in [4.69, 9.17) is 4.74 Å². The monoisotopic (exact) mass is 400 g/mol. The van der Waals surface area contributed by atoms with Crippen molar-refractivity contribution in [3.63, 3.8) is 0 Å². The van der Waals surface area contributed by atoms with Crippen molar-refractivity contribution < 1.29 is 23.9 Å². The number of ether oxygens (including phenoxy) is 1. The van der Waals surface area contributed by atoms with E-state index in [-0.39, 0.29) is 42.2 Å². The standard InChI is InChI=1S/C22H28N2O5/c1-13-5-4-6-18(14(13)2)23-21(27)15(3)29-22(28)16-7-9-17(10-8-16)24-19(25)11-12-20(24)26/h7-10,13-15,18H,4-6,11-12H2,1-3H3,(H,23,27)/t13-,14+,15+,18-/m0/s1. The second kappa shape index (κ2) is 8.76. The molecule has 7 heteroatoms. The Hall–Kier alpha value is -2.70. The van der Waals surface area contributed by atoms with Crippen molar-refractivity contribution in [3.05, 3.63) is 29.8 Å². The lowest BCUT2D eigenvalue weighted by molar-refractivity contribution is -0.130. The first-order valence-corrected chi connectivity index (χ1v) is 10.2. The first-order valence-electron chi connectivity index (χ1n) is 10.2. The number of rotatable bonds is 5. The number of nitrogens with one attached hydrogen (secondary N) is 1. The molecule has 0 unspecified atom stereocenters. The highest BCUT2D eigenvalue weighted by molar-refractivity contribution is 6.19. The van der Waals surface area contributed by atoms with E-state index in [1.165, 1.54) is 30.7 Å². The molecule has 1 saturated heterocycles. The van der Waals surface area contributed by atoms with Crippen molar-refractivity contribution >= 4 is 29.4 Å². The molecule has 1 aliphatic heterocycles. The summed E-state index contributed by atoms with van der Waals surface area (Å²) in [5.41, 5.74) is 0.687. The van der Waals surface area contributed by atoms with Crippen molar-refractivity contribution in [2.75, 3.05) is 4.90 Å². The lowest BCUT2D eigenvalue weighted by atomic mass is 9.78. The van der Waals surface area contributed by atoms with Gasteiger partial charge in [0.2, 0.25) is 11.8 Å². The third-order valence-corrected chi connectivity index (χ3v) is 6.10. The van der Waals surface area contributed by atoms with Crippen LogP contribution < -0.4 is 10.2 Å². The van der Waals surface area contributed by atoms with Crippen molar-refractivity contribution in [3.8, 4) is 0 Å². The Morgan fingerprint density at radius 3 is 2.31 bits per heavy atom. The summed E-state index contributed by atoms with van der Waals surface area (Å²) in [6, 6.07) is 6.15. The highest BCUT2D eigenvalue weighted by atomic mass is 16.5.